The molecular formula is C9H14N4O5. The maximum Gasteiger partial charge on any atom is 0.327 e. The third-order valence-corrected chi connectivity index (χ3v) is 3.41. The molecule has 0 aromatic heterocycles. The van der Waals surface area contributed by atoms with E-state index in [2.05, 4.69) is 10.6 Å². The Morgan fingerprint density at radius 2 is 1.61 bits per heavy atom. The molecule has 2 fully saturated rings. The number of likely N-dealkylation sites (N-methyl/N-ethyl adjacent to an activating group) is 2. The van der Waals surface area contributed by atoms with Gasteiger partial charge in [-0.1, -0.05) is 0 Å². The van der Waals surface area contributed by atoms with E-state index < -0.39 is 29.5 Å². The van der Waals surface area contributed by atoms with Crippen LogP contribution in [0.15, 0.2) is 0 Å². The van der Waals surface area contributed by atoms with Gasteiger partial charge in [-0.15, -0.1) is 0 Å². The lowest BCUT2D eigenvalue weighted by Crippen LogP contribution is -2.81. The summed E-state index contributed by atoms with van der Waals surface area (Å²) in [6.07, 6.45) is 0. The number of ether oxygens (including phenoxy) is 2. The van der Waals surface area contributed by atoms with Gasteiger partial charge >= 0.3 is 12.1 Å². The highest BCUT2D eigenvalue weighted by Gasteiger charge is 2.74. The van der Waals surface area contributed by atoms with Crippen LogP contribution in [0.4, 0.5) is 9.59 Å². The number of rotatable bonds is 2. The molecule has 0 aromatic carbocycles. The summed E-state index contributed by atoms with van der Waals surface area (Å²) in [5.74, 6) is -2.47. The smallest absolute Gasteiger partial charge is 0.327 e. The van der Waals surface area contributed by atoms with Crippen molar-refractivity contribution in [3.8, 4) is 0 Å². The molecule has 100 valence electrons. The highest BCUT2D eigenvalue weighted by atomic mass is 16.6. The Morgan fingerprint density at radius 3 is 2.11 bits per heavy atom. The fraction of sp³-hybridized carbons (Fsp3) is 0.667. The first-order chi connectivity index (χ1) is 8.37. The van der Waals surface area contributed by atoms with Crippen LogP contribution in [0.2, 0.25) is 0 Å². The van der Waals surface area contributed by atoms with Crippen molar-refractivity contribution in [3.63, 3.8) is 0 Å². The zero-order chi connectivity index (χ0) is 13.7. The number of imide groups is 1. The van der Waals surface area contributed by atoms with Gasteiger partial charge in [-0.25, -0.2) is 9.59 Å². The van der Waals surface area contributed by atoms with Crippen LogP contribution < -0.4 is 10.6 Å². The van der Waals surface area contributed by atoms with E-state index in [9.17, 15) is 14.4 Å². The Hall–Kier alpha value is -1.87. The minimum atomic E-state index is -1.78. The number of nitrogens with one attached hydrogen (secondary N) is 2. The molecule has 0 radical (unpaired) electrons. The number of fused-ring (bicyclic) bond motifs is 1. The Balaban J connectivity index is 2.67. The average Bonchev–Trinajstić information content (AvgIpc) is 2.58. The fourth-order valence-electron chi connectivity index (χ4n) is 2.40. The van der Waals surface area contributed by atoms with Gasteiger partial charge < -0.3 is 9.47 Å². The lowest BCUT2D eigenvalue weighted by atomic mass is 10.0. The van der Waals surface area contributed by atoms with Crippen molar-refractivity contribution in [1.82, 2.24) is 20.4 Å². The van der Waals surface area contributed by atoms with E-state index in [0.29, 0.717) is 0 Å². The number of nitrogens with zero attached hydrogens (tertiary/aromatic N) is 2. The van der Waals surface area contributed by atoms with Gasteiger partial charge in [-0.05, 0) is 0 Å². The van der Waals surface area contributed by atoms with Gasteiger partial charge in [0.2, 0.25) is 0 Å². The van der Waals surface area contributed by atoms with Crippen molar-refractivity contribution >= 4 is 18.0 Å². The zero-order valence-corrected chi connectivity index (χ0v) is 10.4. The van der Waals surface area contributed by atoms with E-state index >= 15 is 0 Å². The summed E-state index contributed by atoms with van der Waals surface area (Å²) in [5, 5.41) is 4.57. The Kier molecular flexibility index (Phi) is 2.49. The van der Waals surface area contributed by atoms with Gasteiger partial charge in [0.25, 0.3) is 17.5 Å². The predicted molar refractivity (Wildman–Crippen MR) is 57.1 cm³/mol. The van der Waals surface area contributed by atoms with Gasteiger partial charge in [-0.3, -0.25) is 25.2 Å². The van der Waals surface area contributed by atoms with Crippen molar-refractivity contribution in [2.75, 3.05) is 28.3 Å². The van der Waals surface area contributed by atoms with E-state index in [0.717, 1.165) is 9.80 Å². The summed E-state index contributed by atoms with van der Waals surface area (Å²) in [6, 6.07) is -1.28. The Labute approximate surface area is 103 Å². The van der Waals surface area contributed by atoms with Crippen molar-refractivity contribution in [3.05, 3.63) is 0 Å². The molecule has 2 N–H and O–H groups in total. The van der Waals surface area contributed by atoms with Crippen LogP contribution in [-0.4, -0.2) is 67.7 Å². The molecule has 2 unspecified atom stereocenters. The van der Waals surface area contributed by atoms with Gasteiger partial charge in [0.15, 0.2) is 0 Å². The quantitative estimate of drug-likeness (QED) is 0.625. The highest BCUT2D eigenvalue weighted by molar-refractivity contribution is 6.06. The summed E-state index contributed by atoms with van der Waals surface area (Å²) >= 11 is 0. The van der Waals surface area contributed by atoms with Gasteiger partial charge in [0.05, 0.1) is 0 Å². The molecule has 2 aliphatic heterocycles. The minimum absolute atomic E-state index is 0.588. The molecule has 0 spiro atoms. The lowest BCUT2D eigenvalue weighted by molar-refractivity contribution is -0.263. The monoisotopic (exact) mass is 258 g/mol. The van der Waals surface area contributed by atoms with E-state index in [4.69, 9.17) is 9.47 Å². The molecule has 2 heterocycles. The molecule has 2 saturated heterocycles. The molecule has 18 heavy (non-hydrogen) atoms. The second-order valence-corrected chi connectivity index (χ2v) is 4.00. The van der Waals surface area contributed by atoms with E-state index in [1.54, 1.807) is 0 Å². The molecule has 2 atom stereocenters. The fourth-order valence-corrected chi connectivity index (χ4v) is 2.40. The molecule has 2 aliphatic rings. The second kappa shape index (κ2) is 3.56. The first-order valence-electron chi connectivity index (χ1n) is 5.13. The SMILES string of the molecule is COC12NC(=O)N(C)C1(OC)C(=O)NC(=O)N2C. The molecule has 9 nitrogen and oxygen atoms in total. The Bertz CT molecular complexity index is 441. The van der Waals surface area contributed by atoms with Crippen molar-refractivity contribution in [2.24, 2.45) is 0 Å². The first kappa shape index (κ1) is 12.6. The molecule has 0 saturated carbocycles. The second-order valence-electron chi connectivity index (χ2n) is 4.00. The lowest BCUT2D eigenvalue weighted by Gasteiger charge is -2.49. The maximum absolute atomic E-state index is 12.1. The van der Waals surface area contributed by atoms with Gasteiger partial charge in [-0.2, -0.15) is 0 Å². The topological polar surface area (TPSA) is 100 Å². The third kappa shape index (κ3) is 1.05. The molecule has 0 aromatic rings. The van der Waals surface area contributed by atoms with Crippen molar-refractivity contribution in [1.29, 1.82) is 0 Å². The van der Waals surface area contributed by atoms with Crippen LogP contribution in [0.25, 0.3) is 0 Å². The van der Waals surface area contributed by atoms with Crippen LogP contribution >= 0.6 is 0 Å². The third-order valence-electron chi connectivity index (χ3n) is 3.41. The van der Waals surface area contributed by atoms with Crippen molar-refractivity contribution < 1.29 is 23.9 Å². The number of carbonyl (C=O) groups is 3. The molecule has 0 bridgehead atoms. The summed E-state index contributed by atoms with van der Waals surface area (Å²) in [6.45, 7) is 0. The summed E-state index contributed by atoms with van der Waals surface area (Å²) in [4.78, 5) is 37.7. The van der Waals surface area contributed by atoms with Crippen LogP contribution in [0.1, 0.15) is 0 Å². The van der Waals surface area contributed by atoms with E-state index in [1.165, 1.54) is 28.3 Å². The largest absolute Gasteiger partial charge is 0.345 e. The number of urea groups is 2. The molecule has 9 heteroatoms. The minimum Gasteiger partial charge on any atom is -0.345 e. The number of carbonyl (C=O) groups excluding carboxylic acids is 3. The van der Waals surface area contributed by atoms with Crippen LogP contribution in [0.5, 0.6) is 0 Å². The summed E-state index contributed by atoms with van der Waals surface area (Å²) in [5.41, 5.74) is -1.78. The summed E-state index contributed by atoms with van der Waals surface area (Å²) in [7, 11) is 5.30. The number of hydrogen-bond acceptors (Lipinski definition) is 5. The standard InChI is InChI=1S/C9H14N4O5/c1-12-7(16)11-9(18-4)8(12,17-3)5(14)10-6(15)13(9)2/h1-4H3,(H,11,16)(H,10,14,15). The highest BCUT2D eigenvalue weighted by Crippen LogP contribution is 2.39. The molecule has 5 amide bonds. The number of methoxy groups -OCH3 is 2. The first-order valence-corrected chi connectivity index (χ1v) is 5.13. The molecule has 0 aliphatic carbocycles. The van der Waals surface area contributed by atoms with Crippen LogP contribution in [0.3, 0.4) is 0 Å². The molecule has 2 rings (SSSR count). The Morgan fingerprint density at radius 1 is 1.00 bits per heavy atom. The van der Waals surface area contributed by atoms with E-state index in [-0.39, 0.29) is 0 Å². The van der Waals surface area contributed by atoms with Crippen LogP contribution in [-0.2, 0) is 14.3 Å². The normalized spacial score (nSPS) is 35.4. The van der Waals surface area contributed by atoms with Crippen molar-refractivity contribution in [2.45, 2.75) is 11.6 Å². The number of hydrogen-bond donors (Lipinski definition) is 2. The predicted octanol–water partition coefficient (Wildman–Crippen LogP) is -1.53. The molecular weight excluding hydrogens is 244 g/mol. The van der Waals surface area contributed by atoms with Gasteiger partial charge in [0.1, 0.15) is 0 Å². The zero-order valence-electron chi connectivity index (χ0n) is 10.4. The average molecular weight is 258 g/mol. The summed E-state index contributed by atoms with van der Waals surface area (Å²) < 4.78 is 10.5. The van der Waals surface area contributed by atoms with Crippen LogP contribution in [0, 0.1) is 0 Å². The number of amides is 5. The van der Waals surface area contributed by atoms with Gasteiger partial charge in [0, 0.05) is 28.3 Å². The van der Waals surface area contributed by atoms with E-state index in [1.807, 2.05) is 0 Å². The maximum atomic E-state index is 12.1.